The minimum absolute atomic E-state index is 0.0708. The van der Waals surface area contributed by atoms with Gasteiger partial charge in [0.1, 0.15) is 24.9 Å². The molecule has 0 amide bonds. The Morgan fingerprint density at radius 1 is 1.19 bits per heavy atom. The van der Waals surface area contributed by atoms with E-state index in [2.05, 4.69) is 8.37 Å². The highest BCUT2D eigenvalue weighted by molar-refractivity contribution is 7.81. The molecule has 1 aromatic rings. The number of rotatable bonds is 6. The summed E-state index contributed by atoms with van der Waals surface area (Å²) in [4.78, 5) is 11.8. The molecule has 0 spiro atoms. The first kappa shape index (κ1) is 20.6. The average Bonchev–Trinajstić information content (AvgIpc) is 2.62. The summed E-state index contributed by atoms with van der Waals surface area (Å²) in [5.41, 5.74) is 0.714. The molecule has 1 fully saturated rings. The Morgan fingerprint density at radius 3 is 2.46 bits per heavy atom. The van der Waals surface area contributed by atoms with Crippen LogP contribution in [0.4, 0.5) is 4.79 Å². The van der Waals surface area contributed by atoms with E-state index >= 15 is 0 Å². The van der Waals surface area contributed by atoms with Crippen molar-refractivity contribution in [3.8, 4) is 0 Å². The molecule has 2 rings (SSSR count). The molecule has 146 valence electrons. The first-order chi connectivity index (χ1) is 12.2. The highest BCUT2D eigenvalue weighted by atomic mass is 32.3. The number of hydrogen-bond donors (Lipinski definition) is 2. The second-order valence-corrected chi connectivity index (χ2v) is 6.81. The number of benzene rings is 1. The number of aliphatic hydroxyl groups is 2. The van der Waals surface area contributed by atoms with E-state index in [1.54, 1.807) is 30.3 Å². The third-order valence-corrected chi connectivity index (χ3v) is 4.49. The van der Waals surface area contributed by atoms with Gasteiger partial charge in [0, 0.05) is 0 Å². The smallest absolute Gasteiger partial charge is 0.429 e. The molecule has 2 N–H and O–H groups in total. The fourth-order valence-electron chi connectivity index (χ4n) is 2.23. The van der Waals surface area contributed by atoms with Crippen molar-refractivity contribution in [1.29, 1.82) is 0 Å². The Hall–Kier alpha value is -1.76. The first-order valence-corrected chi connectivity index (χ1v) is 8.94. The molecule has 1 saturated heterocycles. The van der Waals surface area contributed by atoms with Gasteiger partial charge in [-0.15, -0.1) is 0 Å². The first-order valence-electron chi connectivity index (χ1n) is 7.61. The lowest BCUT2D eigenvalue weighted by Gasteiger charge is -2.39. The number of ether oxygens (including phenoxy) is 3. The molecule has 0 aromatic heterocycles. The van der Waals surface area contributed by atoms with Crippen molar-refractivity contribution in [1.82, 2.24) is 0 Å². The number of carbonyl (C=O) groups excluding carboxylic acids is 1. The summed E-state index contributed by atoms with van der Waals surface area (Å²) in [6.45, 7) is 1.32. The Kier molecular flexibility index (Phi) is 6.92. The van der Waals surface area contributed by atoms with Gasteiger partial charge in [0.05, 0.1) is 13.2 Å². The van der Waals surface area contributed by atoms with Gasteiger partial charge in [-0.25, -0.2) is 8.98 Å². The fraction of sp³-hybridized carbons (Fsp3) is 0.533. The Balaban J connectivity index is 1.98. The molecule has 5 atom stereocenters. The van der Waals surface area contributed by atoms with Crippen LogP contribution in [0.2, 0.25) is 0 Å². The van der Waals surface area contributed by atoms with Crippen molar-refractivity contribution < 1.29 is 46.0 Å². The van der Waals surface area contributed by atoms with Crippen LogP contribution in [-0.2, 0) is 39.6 Å². The van der Waals surface area contributed by atoms with Gasteiger partial charge in [-0.05, 0) is 12.5 Å². The highest BCUT2D eigenvalue weighted by Crippen LogP contribution is 2.26. The number of carbonyl (C=O) groups is 1. The van der Waals surface area contributed by atoms with E-state index in [0.717, 1.165) is 7.11 Å². The lowest BCUT2D eigenvalue weighted by molar-refractivity contribution is -0.275. The SMILES string of the molecule is COS(=O)(=O)OC1C(O)C(C)OC(OC(=O)OCc2ccccc2)C1O. The molecular weight excluding hydrogens is 372 g/mol. The van der Waals surface area contributed by atoms with Crippen LogP contribution in [0.1, 0.15) is 12.5 Å². The second kappa shape index (κ2) is 8.75. The van der Waals surface area contributed by atoms with Crippen molar-refractivity contribution in [3.05, 3.63) is 35.9 Å². The molecule has 5 unspecified atom stereocenters. The summed E-state index contributed by atoms with van der Waals surface area (Å²) < 4.78 is 46.5. The van der Waals surface area contributed by atoms with Crippen LogP contribution in [-0.4, -0.2) is 62.6 Å². The Bertz CT molecular complexity index is 692. The van der Waals surface area contributed by atoms with E-state index in [9.17, 15) is 23.4 Å². The maximum atomic E-state index is 11.8. The van der Waals surface area contributed by atoms with Gasteiger partial charge in [0.15, 0.2) is 0 Å². The second-order valence-electron chi connectivity index (χ2n) is 5.47. The lowest BCUT2D eigenvalue weighted by atomic mass is 10.0. The Morgan fingerprint density at radius 2 is 1.85 bits per heavy atom. The minimum atomic E-state index is -4.45. The molecular formula is C15H20O10S. The van der Waals surface area contributed by atoms with Crippen LogP contribution in [0.3, 0.4) is 0 Å². The zero-order valence-electron chi connectivity index (χ0n) is 14.0. The maximum absolute atomic E-state index is 11.8. The molecule has 1 aliphatic heterocycles. The summed E-state index contributed by atoms with van der Waals surface area (Å²) >= 11 is 0. The van der Waals surface area contributed by atoms with Gasteiger partial charge in [0.2, 0.25) is 6.29 Å². The monoisotopic (exact) mass is 392 g/mol. The minimum Gasteiger partial charge on any atom is -0.429 e. The Labute approximate surface area is 150 Å². The van der Waals surface area contributed by atoms with Crippen LogP contribution >= 0.6 is 0 Å². The van der Waals surface area contributed by atoms with Crippen molar-refractivity contribution >= 4 is 16.6 Å². The summed E-state index contributed by atoms with van der Waals surface area (Å²) in [5.74, 6) is 0. The van der Waals surface area contributed by atoms with Crippen molar-refractivity contribution in [3.63, 3.8) is 0 Å². The predicted molar refractivity (Wildman–Crippen MR) is 84.9 cm³/mol. The summed E-state index contributed by atoms with van der Waals surface area (Å²) in [5, 5.41) is 20.1. The molecule has 0 bridgehead atoms. The zero-order valence-corrected chi connectivity index (χ0v) is 14.9. The molecule has 1 aliphatic rings. The summed E-state index contributed by atoms with van der Waals surface area (Å²) in [7, 11) is -3.60. The molecule has 1 heterocycles. The summed E-state index contributed by atoms with van der Waals surface area (Å²) in [6, 6.07) is 8.79. The normalized spacial score (nSPS) is 29.2. The van der Waals surface area contributed by atoms with Gasteiger partial charge in [-0.2, -0.15) is 8.42 Å². The largest absolute Gasteiger partial charge is 0.511 e. The third kappa shape index (κ3) is 5.37. The summed E-state index contributed by atoms with van der Waals surface area (Å²) in [6.07, 6.45) is -8.70. The van der Waals surface area contributed by atoms with E-state index in [4.69, 9.17) is 14.2 Å². The van der Waals surface area contributed by atoms with Gasteiger partial charge in [-0.1, -0.05) is 30.3 Å². The van der Waals surface area contributed by atoms with Crippen LogP contribution in [0.5, 0.6) is 0 Å². The van der Waals surface area contributed by atoms with Crippen molar-refractivity contribution in [2.24, 2.45) is 0 Å². The average molecular weight is 392 g/mol. The number of hydrogen-bond acceptors (Lipinski definition) is 10. The molecule has 0 radical (unpaired) electrons. The molecule has 11 heteroatoms. The molecule has 0 saturated carbocycles. The van der Waals surface area contributed by atoms with E-state index in [1.165, 1.54) is 6.92 Å². The van der Waals surface area contributed by atoms with Crippen LogP contribution < -0.4 is 0 Å². The van der Waals surface area contributed by atoms with Crippen LogP contribution in [0.15, 0.2) is 30.3 Å². The predicted octanol–water partition coefficient (Wildman–Crippen LogP) is 0.0828. The fourth-order valence-corrected chi connectivity index (χ4v) is 2.81. The van der Waals surface area contributed by atoms with E-state index in [-0.39, 0.29) is 6.61 Å². The highest BCUT2D eigenvalue weighted by Gasteiger charge is 2.48. The molecule has 0 aliphatic carbocycles. The molecule has 26 heavy (non-hydrogen) atoms. The number of aliphatic hydroxyl groups excluding tert-OH is 2. The standard InChI is InChI=1S/C15H20O10S/c1-9-11(16)13(25-26(19,20)21-2)12(17)14(23-9)24-15(18)22-8-10-6-4-3-5-7-10/h3-7,9,11-14,16-17H,8H2,1-2H3. The van der Waals surface area contributed by atoms with Gasteiger partial charge in [0.25, 0.3) is 0 Å². The van der Waals surface area contributed by atoms with Crippen molar-refractivity contribution in [2.45, 2.75) is 44.2 Å². The van der Waals surface area contributed by atoms with E-state index in [1.807, 2.05) is 0 Å². The van der Waals surface area contributed by atoms with Crippen LogP contribution in [0.25, 0.3) is 0 Å². The molecule has 1 aromatic carbocycles. The van der Waals surface area contributed by atoms with Gasteiger partial charge < -0.3 is 24.4 Å². The van der Waals surface area contributed by atoms with Gasteiger partial charge >= 0.3 is 16.6 Å². The zero-order chi connectivity index (χ0) is 19.3. The topological polar surface area (TPSA) is 138 Å². The van der Waals surface area contributed by atoms with Crippen molar-refractivity contribution in [2.75, 3.05) is 7.11 Å². The third-order valence-electron chi connectivity index (χ3n) is 3.63. The molecule has 10 nitrogen and oxygen atoms in total. The van der Waals surface area contributed by atoms with Gasteiger partial charge in [-0.3, -0.25) is 4.18 Å². The van der Waals surface area contributed by atoms with E-state index < -0.39 is 47.3 Å². The quantitative estimate of drug-likeness (QED) is 0.640. The maximum Gasteiger partial charge on any atom is 0.511 e. The van der Waals surface area contributed by atoms with Crippen LogP contribution in [0, 0.1) is 0 Å². The van der Waals surface area contributed by atoms with E-state index in [0.29, 0.717) is 5.56 Å². The lowest BCUT2D eigenvalue weighted by Crippen LogP contribution is -2.59.